The molecule has 1 fully saturated rings. The Hall–Kier alpha value is -2.51. The number of quaternary nitrogens is 2. The Bertz CT molecular complexity index is 794. The van der Waals surface area contributed by atoms with Crippen molar-refractivity contribution in [3.8, 4) is 23.0 Å². The summed E-state index contributed by atoms with van der Waals surface area (Å²) in [6.45, 7) is 6.52. The molecule has 0 aliphatic carbocycles. The summed E-state index contributed by atoms with van der Waals surface area (Å²) in [5.41, 5.74) is 1.12. The van der Waals surface area contributed by atoms with E-state index in [9.17, 15) is 4.39 Å². The Labute approximate surface area is 171 Å². The molecule has 0 aromatic heterocycles. The molecule has 0 amide bonds. The molecule has 1 aliphatic rings. The van der Waals surface area contributed by atoms with Crippen LogP contribution in [0.15, 0.2) is 36.4 Å². The molecule has 0 spiro atoms. The van der Waals surface area contributed by atoms with Gasteiger partial charge in [0.05, 0.1) is 26.9 Å². The lowest BCUT2D eigenvalue weighted by Gasteiger charge is -2.30. The molecule has 2 aromatic carbocycles. The lowest BCUT2D eigenvalue weighted by atomic mass is 10.1. The van der Waals surface area contributed by atoms with Crippen molar-refractivity contribution < 1.29 is 33.1 Å². The summed E-state index contributed by atoms with van der Waals surface area (Å²) in [6.07, 6.45) is 0. The van der Waals surface area contributed by atoms with Crippen molar-refractivity contribution in [2.45, 2.75) is 6.54 Å². The van der Waals surface area contributed by atoms with Gasteiger partial charge in [-0.3, -0.25) is 0 Å². The van der Waals surface area contributed by atoms with E-state index in [4.69, 9.17) is 18.9 Å². The third-order valence-corrected chi connectivity index (χ3v) is 5.44. The average Bonchev–Trinajstić information content (AvgIpc) is 2.75. The summed E-state index contributed by atoms with van der Waals surface area (Å²) < 4.78 is 35.7. The number of nitrogens with one attached hydrogen (secondary N) is 2. The van der Waals surface area contributed by atoms with Gasteiger partial charge in [0.1, 0.15) is 45.9 Å². The molecule has 29 heavy (non-hydrogen) atoms. The Morgan fingerprint density at radius 3 is 2.14 bits per heavy atom. The van der Waals surface area contributed by atoms with Gasteiger partial charge < -0.3 is 28.7 Å². The molecule has 7 heteroatoms. The van der Waals surface area contributed by atoms with E-state index in [1.54, 1.807) is 39.5 Å². The van der Waals surface area contributed by atoms with Crippen LogP contribution in [-0.4, -0.2) is 60.7 Å². The molecule has 6 nitrogen and oxygen atoms in total. The first-order valence-corrected chi connectivity index (χ1v) is 9.98. The van der Waals surface area contributed by atoms with Crippen molar-refractivity contribution in [2.24, 2.45) is 0 Å². The minimum absolute atomic E-state index is 0.305. The molecule has 1 heterocycles. The summed E-state index contributed by atoms with van der Waals surface area (Å²) in [7, 11) is 4.91. The largest absolute Gasteiger partial charge is 0.493 e. The number of ether oxygens (including phenoxy) is 4. The summed E-state index contributed by atoms with van der Waals surface area (Å²) in [5.74, 6) is 2.08. The predicted molar refractivity (Wildman–Crippen MR) is 108 cm³/mol. The number of halogens is 1. The van der Waals surface area contributed by atoms with Crippen LogP contribution in [0.25, 0.3) is 0 Å². The maximum absolute atomic E-state index is 13.6. The van der Waals surface area contributed by atoms with Crippen molar-refractivity contribution >= 4 is 0 Å². The van der Waals surface area contributed by atoms with E-state index in [1.165, 1.54) is 15.9 Å². The molecule has 2 N–H and O–H groups in total. The Balaban J connectivity index is 1.49. The van der Waals surface area contributed by atoms with E-state index in [0.29, 0.717) is 23.9 Å². The molecule has 0 unspecified atom stereocenters. The summed E-state index contributed by atoms with van der Waals surface area (Å²) in [5, 5.41) is 0. The van der Waals surface area contributed by atoms with Gasteiger partial charge in [0.25, 0.3) is 0 Å². The van der Waals surface area contributed by atoms with Crippen LogP contribution in [0.5, 0.6) is 23.0 Å². The highest BCUT2D eigenvalue weighted by molar-refractivity contribution is 5.55. The minimum Gasteiger partial charge on any atom is -0.493 e. The van der Waals surface area contributed by atoms with Crippen LogP contribution in [0, 0.1) is 5.82 Å². The summed E-state index contributed by atoms with van der Waals surface area (Å²) in [6, 6.07) is 10.5. The fourth-order valence-electron chi connectivity index (χ4n) is 3.82. The topological polar surface area (TPSA) is 45.8 Å². The zero-order chi connectivity index (χ0) is 20.6. The molecule has 1 aliphatic heterocycles. The SMILES string of the molecule is COc1ccc(C[NH+]2CC[NH+](CCOc3ccccc3F)CC2)c(OC)c1OC. The van der Waals surface area contributed by atoms with Gasteiger partial charge in [-0.1, -0.05) is 12.1 Å². The standard InChI is InChI=1S/C22H29FN2O4/c1-26-20-9-8-17(21(27-2)22(20)28-3)16-25-12-10-24(11-13-25)14-15-29-19-7-5-4-6-18(19)23/h4-9H,10-16H2,1-3H3/p+2. The first-order valence-electron chi connectivity index (χ1n) is 9.98. The van der Waals surface area contributed by atoms with Crippen LogP contribution in [-0.2, 0) is 6.54 Å². The van der Waals surface area contributed by atoms with E-state index in [-0.39, 0.29) is 5.82 Å². The molecule has 1 saturated heterocycles. The number of methoxy groups -OCH3 is 3. The van der Waals surface area contributed by atoms with E-state index < -0.39 is 0 Å². The second-order valence-corrected chi connectivity index (χ2v) is 7.20. The number of rotatable bonds is 9. The smallest absolute Gasteiger partial charge is 0.203 e. The quantitative estimate of drug-likeness (QED) is 0.625. The van der Waals surface area contributed by atoms with Gasteiger partial charge in [0, 0.05) is 0 Å². The molecule has 2 aromatic rings. The molecule has 0 bridgehead atoms. The van der Waals surface area contributed by atoms with Gasteiger partial charge in [-0.15, -0.1) is 0 Å². The third-order valence-electron chi connectivity index (χ3n) is 5.44. The molecule has 158 valence electrons. The molecule has 0 saturated carbocycles. The van der Waals surface area contributed by atoms with Gasteiger partial charge in [0.2, 0.25) is 5.75 Å². The van der Waals surface area contributed by atoms with E-state index in [1.807, 2.05) is 6.07 Å². The lowest BCUT2D eigenvalue weighted by molar-refractivity contribution is -1.02. The van der Waals surface area contributed by atoms with Gasteiger partial charge >= 0.3 is 0 Å². The van der Waals surface area contributed by atoms with Gasteiger partial charge in [0.15, 0.2) is 23.1 Å². The third kappa shape index (κ3) is 5.31. The average molecular weight is 406 g/mol. The fourth-order valence-corrected chi connectivity index (χ4v) is 3.82. The monoisotopic (exact) mass is 406 g/mol. The Morgan fingerprint density at radius 1 is 0.793 bits per heavy atom. The second-order valence-electron chi connectivity index (χ2n) is 7.20. The summed E-state index contributed by atoms with van der Waals surface area (Å²) >= 11 is 0. The number of hydrogen-bond acceptors (Lipinski definition) is 4. The highest BCUT2D eigenvalue weighted by Crippen LogP contribution is 2.39. The van der Waals surface area contributed by atoms with Crippen molar-refractivity contribution in [3.05, 3.63) is 47.8 Å². The number of hydrogen-bond donors (Lipinski definition) is 2. The Morgan fingerprint density at radius 2 is 1.48 bits per heavy atom. The maximum atomic E-state index is 13.6. The number of piperazine rings is 1. The number of benzene rings is 2. The van der Waals surface area contributed by atoms with E-state index >= 15 is 0 Å². The van der Waals surface area contributed by atoms with Crippen LogP contribution >= 0.6 is 0 Å². The molecular formula is C22H31FN2O4+2. The van der Waals surface area contributed by atoms with Crippen molar-refractivity contribution in [1.29, 1.82) is 0 Å². The first kappa shape index (κ1) is 21.2. The van der Waals surface area contributed by atoms with Crippen molar-refractivity contribution in [3.63, 3.8) is 0 Å². The van der Waals surface area contributed by atoms with Crippen molar-refractivity contribution in [2.75, 3.05) is 60.7 Å². The van der Waals surface area contributed by atoms with Gasteiger partial charge in [-0.2, -0.15) is 0 Å². The zero-order valence-electron chi connectivity index (χ0n) is 17.4. The van der Waals surface area contributed by atoms with Crippen LogP contribution in [0.3, 0.4) is 0 Å². The van der Waals surface area contributed by atoms with E-state index in [2.05, 4.69) is 6.07 Å². The van der Waals surface area contributed by atoms with Crippen molar-refractivity contribution in [1.82, 2.24) is 0 Å². The maximum Gasteiger partial charge on any atom is 0.203 e. The van der Waals surface area contributed by atoms with E-state index in [0.717, 1.165) is 50.6 Å². The Kier molecular flexibility index (Phi) is 7.55. The summed E-state index contributed by atoms with van der Waals surface area (Å²) in [4.78, 5) is 3.00. The molecular weight excluding hydrogens is 375 g/mol. The molecule has 0 radical (unpaired) electrons. The number of para-hydroxylation sites is 1. The molecule has 0 atom stereocenters. The van der Waals surface area contributed by atoms with Gasteiger partial charge in [-0.25, -0.2) is 4.39 Å². The highest BCUT2D eigenvalue weighted by atomic mass is 19.1. The minimum atomic E-state index is -0.305. The molecule has 3 rings (SSSR count). The fraction of sp³-hybridized carbons (Fsp3) is 0.455. The van der Waals surface area contributed by atoms with Crippen LogP contribution in [0.4, 0.5) is 4.39 Å². The van der Waals surface area contributed by atoms with Crippen LogP contribution in [0.2, 0.25) is 0 Å². The lowest BCUT2D eigenvalue weighted by Crippen LogP contribution is -3.27. The van der Waals surface area contributed by atoms with Crippen LogP contribution < -0.4 is 28.7 Å². The zero-order valence-corrected chi connectivity index (χ0v) is 17.4. The van der Waals surface area contributed by atoms with Crippen LogP contribution in [0.1, 0.15) is 5.56 Å². The highest BCUT2D eigenvalue weighted by Gasteiger charge is 2.25. The predicted octanol–water partition coefficient (Wildman–Crippen LogP) is 0.214. The first-order chi connectivity index (χ1) is 14.2. The second kappa shape index (κ2) is 10.3. The van der Waals surface area contributed by atoms with Gasteiger partial charge in [-0.05, 0) is 24.3 Å². The normalized spacial score (nSPS) is 18.9.